The number of hydrogen-bond acceptors (Lipinski definition) is 6. The third-order valence-electron chi connectivity index (χ3n) is 4.88. The van der Waals surface area contributed by atoms with E-state index in [1.54, 1.807) is 19.9 Å². The molecule has 29 heavy (non-hydrogen) atoms. The lowest BCUT2D eigenvalue weighted by atomic mass is 9.95. The largest absolute Gasteiger partial charge is 0.507 e. The van der Waals surface area contributed by atoms with Gasteiger partial charge in [0.1, 0.15) is 17.4 Å². The third-order valence-corrected chi connectivity index (χ3v) is 4.88. The molecule has 7 nitrogen and oxygen atoms in total. The molecule has 0 aliphatic carbocycles. The van der Waals surface area contributed by atoms with Gasteiger partial charge in [-0.2, -0.15) is 0 Å². The van der Waals surface area contributed by atoms with E-state index in [4.69, 9.17) is 0 Å². The number of likely N-dealkylation sites (N-methyl/N-ethyl adjacent to an activating group) is 1. The number of likely N-dealkylation sites (tertiary alicyclic amines) is 1. The molecule has 1 aliphatic rings. The molecule has 1 aromatic heterocycles. The topological polar surface area (TPSA) is 86.6 Å². The van der Waals surface area contributed by atoms with E-state index in [-0.39, 0.29) is 23.2 Å². The minimum Gasteiger partial charge on any atom is -0.507 e. The Hall–Kier alpha value is -3.13. The lowest BCUT2D eigenvalue weighted by molar-refractivity contribution is -0.140. The van der Waals surface area contributed by atoms with Crippen molar-refractivity contribution < 1.29 is 19.1 Å². The van der Waals surface area contributed by atoms with Crippen molar-refractivity contribution in [1.29, 1.82) is 0 Å². The molecule has 1 atom stereocenters. The van der Waals surface area contributed by atoms with Gasteiger partial charge < -0.3 is 14.9 Å². The van der Waals surface area contributed by atoms with Crippen LogP contribution in [0.1, 0.15) is 28.7 Å². The van der Waals surface area contributed by atoms with Crippen LogP contribution in [0, 0.1) is 19.7 Å². The molecule has 0 unspecified atom stereocenters. The summed E-state index contributed by atoms with van der Waals surface area (Å²) in [5.41, 5.74) is 0.691. The van der Waals surface area contributed by atoms with Crippen molar-refractivity contribution in [2.45, 2.75) is 19.9 Å². The number of aliphatic hydroxyl groups is 1. The number of carbonyl (C=O) groups is 2. The van der Waals surface area contributed by atoms with Gasteiger partial charge in [0.25, 0.3) is 11.7 Å². The molecule has 0 radical (unpaired) electrons. The quantitative estimate of drug-likeness (QED) is 0.472. The maximum atomic E-state index is 14.7. The van der Waals surface area contributed by atoms with Crippen LogP contribution in [0.15, 0.2) is 36.0 Å². The molecule has 0 bridgehead atoms. The van der Waals surface area contributed by atoms with Crippen LogP contribution in [0.3, 0.4) is 0 Å². The Bertz CT molecular complexity index is 1000. The monoisotopic (exact) mass is 398 g/mol. The van der Waals surface area contributed by atoms with Crippen LogP contribution in [0.2, 0.25) is 0 Å². The van der Waals surface area contributed by atoms with E-state index in [1.165, 1.54) is 29.3 Å². The smallest absolute Gasteiger partial charge is 0.295 e. The highest BCUT2D eigenvalue weighted by atomic mass is 19.1. The number of Topliss-reactive ketones (excluding diaryl/α,β-unsaturated/α-hetero) is 1. The Morgan fingerprint density at radius 1 is 1.24 bits per heavy atom. The summed E-state index contributed by atoms with van der Waals surface area (Å²) in [5.74, 6) is -2.07. The van der Waals surface area contributed by atoms with Crippen molar-refractivity contribution in [2.75, 3.05) is 27.2 Å². The predicted octanol–water partition coefficient (Wildman–Crippen LogP) is 2.22. The molecule has 152 valence electrons. The zero-order valence-electron chi connectivity index (χ0n) is 16.8. The van der Waals surface area contributed by atoms with E-state index < -0.39 is 29.3 Å². The van der Waals surface area contributed by atoms with Crippen molar-refractivity contribution in [3.63, 3.8) is 0 Å². The van der Waals surface area contributed by atoms with E-state index in [0.29, 0.717) is 18.1 Å². The Balaban J connectivity index is 2.21. The number of aliphatic hydroxyl groups excluding tert-OH is 1. The second-order valence-electron chi connectivity index (χ2n) is 7.23. The number of aromatic nitrogens is 2. The summed E-state index contributed by atoms with van der Waals surface area (Å²) in [6.45, 7) is 4.06. The Morgan fingerprint density at radius 3 is 2.55 bits per heavy atom. The molecule has 1 aromatic carbocycles. The average Bonchev–Trinajstić information content (AvgIpc) is 2.90. The fourth-order valence-electron chi connectivity index (χ4n) is 3.40. The molecule has 1 aliphatic heterocycles. The second-order valence-corrected chi connectivity index (χ2v) is 7.23. The van der Waals surface area contributed by atoms with Crippen molar-refractivity contribution in [3.8, 4) is 0 Å². The van der Waals surface area contributed by atoms with Gasteiger partial charge in [-0.15, -0.1) is 0 Å². The molecule has 1 amide bonds. The van der Waals surface area contributed by atoms with Crippen molar-refractivity contribution in [1.82, 2.24) is 19.8 Å². The van der Waals surface area contributed by atoms with Crippen LogP contribution < -0.4 is 0 Å². The van der Waals surface area contributed by atoms with Crippen molar-refractivity contribution in [2.24, 2.45) is 0 Å². The number of amides is 1. The molecule has 1 N–H and O–H groups in total. The fraction of sp³-hybridized carbons (Fsp3) is 0.333. The van der Waals surface area contributed by atoms with E-state index in [1.807, 2.05) is 19.0 Å². The van der Waals surface area contributed by atoms with Gasteiger partial charge in [0, 0.05) is 24.8 Å². The molecule has 1 fully saturated rings. The number of ketones is 1. The lowest BCUT2D eigenvalue weighted by Crippen LogP contribution is -2.35. The number of rotatable bonds is 5. The second kappa shape index (κ2) is 8.08. The molecule has 8 heteroatoms. The number of benzene rings is 1. The van der Waals surface area contributed by atoms with Crippen molar-refractivity contribution in [3.05, 3.63) is 64.5 Å². The van der Waals surface area contributed by atoms with Gasteiger partial charge in [-0.1, -0.05) is 18.2 Å². The van der Waals surface area contributed by atoms with Crippen LogP contribution in [0.4, 0.5) is 4.39 Å². The Labute approximate surface area is 168 Å². The van der Waals surface area contributed by atoms with Gasteiger partial charge in [-0.3, -0.25) is 9.59 Å². The van der Waals surface area contributed by atoms with E-state index in [2.05, 4.69) is 9.97 Å². The van der Waals surface area contributed by atoms with Crippen LogP contribution in [0.5, 0.6) is 0 Å². The summed E-state index contributed by atoms with van der Waals surface area (Å²) >= 11 is 0. The van der Waals surface area contributed by atoms with Gasteiger partial charge in [0.2, 0.25) is 0 Å². The first kappa shape index (κ1) is 20.6. The minimum atomic E-state index is -1.03. The molecular weight excluding hydrogens is 375 g/mol. The average molecular weight is 398 g/mol. The van der Waals surface area contributed by atoms with Crippen LogP contribution >= 0.6 is 0 Å². The summed E-state index contributed by atoms with van der Waals surface area (Å²) in [4.78, 5) is 37.1. The molecule has 2 aromatic rings. The summed E-state index contributed by atoms with van der Waals surface area (Å²) in [5, 5.41) is 11.0. The SMILES string of the molecule is Cc1ncc(C(O)=C2C(=O)C(=O)N(CCN(C)C)[C@H]2c2ccccc2F)c(C)n1. The summed E-state index contributed by atoms with van der Waals surface area (Å²) in [6, 6.07) is 4.91. The van der Waals surface area contributed by atoms with E-state index >= 15 is 0 Å². The minimum absolute atomic E-state index is 0.151. The molecule has 2 heterocycles. The normalized spacial score (nSPS) is 18.7. The highest BCUT2D eigenvalue weighted by Crippen LogP contribution is 2.40. The summed E-state index contributed by atoms with van der Waals surface area (Å²) < 4.78 is 14.7. The fourth-order valence-corrected chi connectivity index (χ4v) is 3.40. The molecule has 0 saturated carbocycles. The zero-order chi connectivity index (χ0) is 21.3. The molecule has 0 spiro atoms. The molecule has 3 rings (SSSR count). The van der Waals surface area contributed by atoms with Gasteiger partial charge in [0.05, 0.1) is 22.9 Å². The molecule has 1 saturated heterocycles. The van der Waals surface area contributed by atoms with E-state index in [0.717, 1.165) is 0 Å². The number of hydrogen-bond donors (Lipinski definition) is 1. The van der Waals surface area contributed by atoms with Crippen LogP contribution in [-0.2, 0) is 9.59 Å². The first-order valence-electron chi connectivity index (χ1n) is 9.20. The number of carbonyl (C=O) groups excluding carboxylic acids is 2. The number of nitrogens with zero attached hydrogens (tertiary/aromatic N) is 4. The third kappa shape index (κ3) is 3.88. The standard InChI is InChI=1S/C21H23FN4O3/c1-12-15(11-23-13(2)24-12)19(27)17-18(14-7-5-6-8-16(14)22)26(10-9-25(3)4)21(29)20(17)28/h5-8,11,18,27H,9-10H2,1-4H3/t18-/m0/s1. The van der Waals surface area contributed by atoms with Crippen LogP contribution in [-0.4, -0.2) is 63.7 Å². The van der Waals surface area contributed by atoms with Crippen LogP contribution in [0.25, 0.3) is 5.76 Å². The summed E-state index contributed by atoms with van der Waals surface area (Å²) in [7, 11) is 3.67. The maximum absolute atomic E-state index is 14.7. The maximum Gasteiger partial charge on any atom is 0.295 e. The first-order chi connectivity index (χ1) is 13.7. The van der Waals surface area contributed by atoms with Gasteiger partial charge in [-0.05, 0) is 34.0 Å². The van der Waals surface area contributed by atoms with E-state index in [9.17, 15) is 19.1 Å². The lowest BCUT2D eigenvalue weighted by Gasteiger charge is -2.26. The highest BCUT2D eigenvalue weighted by Gasteiger charge is 2.46. The number of halogens is 1. The van der Waals surface area contributed by atoms with Gasteiger partial charge in [-0.25, -0.2) is 14.4 Å². The summed E-state index contributed by atoms with van der Waals surface area (Å²) in [6.07, 6.45) is 1.40. The zero-order valence-corrected chi connectivity index (χ0v) is 16.8. The molecular formula is C21H23FN4O3. The van der Waals surface area contributed by atoms with Gasteiger partial charge in [0.15, 0.2) is 0 Å². The highest BCUT2D eigenvalue weighted by molar-refractivity contribution is 6.46. The van der Waals surface area contributed by atoms with Crippen molar-refractivity contribution >= 4 is 17.4 Å². The Kier molecular flexibility index (Phi) is 5.74. The van der Waals surface area contributed by atoms with Gasteiger partial charge >= 0.3 is 0 Å². The Morgan fingerprint density at radius 2 is 1.93 bits per heavy atom. The number of aryl methyl sites for hydroxylation is 2. The first-order valence-corrected chi connectivity index (χ1v) is 9.20. The predicted molar refractivity (Wildman–Crippen MR) is 105 cm³/mol.